The summed E-state index contributed by atoms with van der Waals surface area (Å²) in [7, 11) is 0. The number of rotatable bonds is 7. The molecule has 0 spiro atoms. The molecule has 0 radical (unpaired) electrons. The molecule has 1 aromatic heterocycles. The highest BCUT2D eigenvalue weighted by molar-refractivity contribution is 7.99. The Morgan fingerprint density at radius 2 is 1.81 bits per heavy atom. The quantitative estimate of drug-likeness (QED) is 0.417. The van der Waals surface area contributed by atoms with E-state index in [0.29, 0.717) is 34.3 Å². The molecule has 0 bridgehead atoms. The molecule has 1 N–H and O–H groups in total. The topological polar surface area (TPSA) is 83.6 Å². The maximum atomic E-state index is 14.4. The fourth-order valence-electron chi connectivity index (χ4n) is 3.14. The molecule has 0 atom stereocenters. The van der Waals surface area contributed by atoms with Crippen molar-refractivity contribution in [1.82, 2.24) is 14.8 Å². The van der Waals surface area contributed by atoms with Crippen LogP contribution >= 0.6 is 11.8 Å². The first-order chi connectivity index (χ1) is 15.6. The molecular weight excluding hydrogens is 425 g/mol. The minimum atomic E-state index is -0.388. The molecule has 8 heteroatoms. The molecule has 1 amide bonds. The highest BCUT2D eigenvalue weighted by atomic mass is 32.2. The first-order valence-electron chi connectivity index (χ1n) is 9.79. The number of carbonyl (C=O) groups is 1. The average molecular weight is 444 g/mol. The summed E-state index contributed by atoms with van der Waals surface area (Å²) in [6.45, 7) is 0.436. The number of amides is 1. The number of halogens is 1. The number of nitrogens with one attached hydrogen (secondary N) is 1. The van der Waals surface area contributed by atoms with Crippen molar-refractivity contribution < 1.29 is 9.18 Å². The van der Waals surface area contributed by atoms with Crippen LogP contribution in [0.25, 0.3) is 11.4 Å². The number of nitrogens with zero attached hydrogens (tertiary/aromatic N) is 4. The lowest BCUT2D eigenvalue weighted by atomic mass is 10.2. The van der Waals surface area contributed by atoms with Crippen LogP contribution in [0.5, 0.6) is 0 Å². The summed E-state index contributed by atoms with van der Waals surface area (Å²) >= 11 is 1.21. The standard InChI is InChI=1S/C24H18FN5OS/c25-21-12-5-4-11-20(21)23-28-29-24(30(23)15-17-7-2-1-3-8-17)32-16-22(31)27-19-10-6-9-18(13-19)14-26/h1-13H,15-16H2,(H,27,31). The lowest BCUT2D eigenvalue weighted by Crippen LogP contribution is -2.15. The molecule has 0 aliphatic carbocycles. The van der Waals surface area contributed by atoms with Crippen LogP contribution in [0.4, 0.5) is 10.1 Å². The van der Waals surface area contributed by atoms with E-state index < -0.39 is 0 Å². The van der Waals surface area contributed by atoms with E-state index in [-0.39, 0.29) is 17.5 Å². The molecule has 4 rings (SSSR count). The SMILES string of the molecule is N#Cc1cccc(NC(=O)CSc2nnc(-c3ccccc3F)n2Cc2ccccc2)c1. The van der Waals surface area contributed by atoms with Gasteiger partial charge in [0.05, 0.1) is 29.5 Å². The number of thioether (sulfide) groups is 1. The van der Waals surface area contributed by atoms with E-state index >= 15 is 0 Å². The number of anilines is 1. The molecule has 32 heavy (non-hydrogen) atoms. The minimum absolute atomic E-state index is 0.0843. The second kappa shape index (κ2) is 9.90. The molecule has 0 saturated heterocycles. The van der Waals surface area contributed by atoms with Crippen molar-refractivity contribution in [2.45, 2.75) is 11.7 Å². The van der Waals surface area contributed by atoms with Gasteiger partial charge in [-0.3, -0.25) is 9.36 Å². The Balaban J connectivity index is 1.56. The van der Waals surface area contributed by atoms with Crippen LogP contribution in [0.1, 0.15) is 11.1 Å². The smallest absolute Gasteiger partial charge is 0.234 e. The van der Waals surface area contributed by atoms with Crippen LogP contribution in [-0.4, -0.2) is 26.4 Å². The Morgan fingerprint density at radius 3 is 2.59 bits per heavy atom. The third-order valence-electron chi connectivity index (χ3n) is 4.62. The van der Waals surface area contributed by atoms with E-state index in [0.717, 1.165) is 5.56 Å². The van der Waals surface area contributed by atoms with Gasteiger partial charge in [-0.1, -0.05) is 60.3 Å². The predicted molar refractivity (Wildman–Crippen MR) is 121 cm³/mol. The monoisotopic (exact) mass is 443 g/mol. The Labute approximate surface area is 188 Å². The van der Waals surface area contributed by atoms with Crippen LogP contribution in [-0.2, 0) is 11.3 Å². The number of hydrogen-bond donors (Lipinski definition) is 1. The molecule has 0 aliphatic rings. The van der Waals surface area contributed by atoms with Crippen LogP contribution in [0, 0.1) is 17.1 Å². The van der Waals surface area contributed by atoms with Gasteiger partial charge in [0, 0.05) is 5.69 Å². The van der Waals surface area contributed by atoms with Crippen molar-refractivity contribution in [2.75, 3.05) is 11.1 Å². The number of hydrogen-bond acceptors (Lipinski definition) is 5. The van der Waals surface area contributed by atoms with E-state index in [2.05, 4.69) is 15.5 Å². The molecule has 1 heterocycles. The summed E-state index contributed by atoms with van der Waals surface area (Å²) in [6, 6.07) is 24.9. The van der Waals surface area contributed by atoms with Gasteiger partial charge < -0.3 is 5.32 Å². The second-order valence-corrected chi connectivity index (χ2v) is 7.83. The van der Waals surface area contributed by atoms with Gasteiger partial charge in [0.25, 0.3) is 0 Å². The van der Waals surface area contributed by atoms with E-state index in [4.69, 9.17) is 5.26 Å². The van der Waals surface area contributed by atoms with Crippen LogP contribution < -0.4 is 5.32 Å². The molecular formula is C24H18FN5OS. The van der Waals surface area contributed by atoms with Crippen molar-refractivity contribution >= 4 is 23.4 Å². The number of carbonyl (C=O) groups excluding carboxylic acids is 1. The first-order valence-corrected chi connectivity index (χ1v) is 10.8. The van der Waals surface area contributed by atoms with Crippen LogP contribution in [0.15, 0.2) is 84.0 Å². The zero-order chi connectivity index (χ0) is 22.3. The van der Waals surface area contributed by atoms with Gasteiger partial charge in [-0.25, -0.2) is 4.39 Å². The van der Waals surface area contributed by atoms with Crippen molar-refractivity contribution in [3.05, 3.63) is 95.8 Å². The molecule has 0 unspecified atom stereocenters. The van der Waals surface area contributed by atoms with Crippen molar-refractivity contribution in [3.8, 4) is 17.5 Å². The van der Waals surface area contributed by atoms with E-state index in [1.165, 1.54) is 17.8 Å². The van der Waals surface area contributed by atoms with Gasteiger partial charge in [-0.15, -0.1) is 10.2 Å². The number of nitriles is 1. The number of aromatic nitrogens is 3. The molecule has 6 nitrogen and oxygen atoms in total. The third-order valence-corrected chi connectivity index (χ3v) is 5.59. The zero-order valence-electron chi connectivity index (χ0n) is 16.9. The zero-order valence-corrected chi connectivity index (χ0v) is 17.7. The van der Waals surface area contributed by atoms with Gasteiger partial charge in [-0.2, -0.15) is 5.26 Å². The molecule has 4 aromatic rings. The van der Waals surface area contributed by atoms with Gasteiger partial charge in [0.15, 0.2) is 11.0 Å². The second-order valence-electron chi connectivity index (χ2n) is 6.89. The highest BCUT2D eigenvalue weighted by Crippen LogP contribution is 2.27. The largest absolute Gasteiger partial charge is 0.325 e. The maximum absolute atomic E-state index is 14.4. The van der Waals surface area contributed by atoms with E-state index in [1.54, 1.807) is 42.5 Å². The van der Waals surface area contributed by atoms with Crippen molar-refractivity contribution in [2.24, 2.45) is 0 Å². The summed E-state index contributed by atoms with van der Waals surface area (Å²) in [4.78, 5) is 12.5. The molecule has 0 fully saturated rings. The fraction of sp³-hybridized carbons (Fsp3) is 0.0833. The molecule has 3 aromatic carbocycles. The molecule has 158 valence electrons. The first kappa shape index (κ1) is 21.3. The predicted octanol–water partition coefficient (Wildman–Crippen LogP) is 4.73. The molecule has 0 aliphatic heterocycles. The summed E-state index contributed by atoms with van der Waals surface area (Å²) in [5.41, 5.74) is 2.37. The summed E-state index contributed by atoms with van der Waals surface area (Å²) in [5, 5.41) is 20.7. The Kier molecular flexibility index (Phi) is 6.58. The highest BCUT2D eigenvalue weighted by Gasteiger charge is 2.18. The normalized spacial score (nSPS) is 10.5. The van der Waals surface area contributed by atoms with E-state index in [9.17, 15) is 9.18 Å². The summed E-state index contributed by atoms with van der Waals surface area (Å²) in [5.74, 6) is -0.148. The Hall–Kier alpha value is -3.96. The summed E-state index contributed by atoms with van der Waals surface area (Å²) in [6.07, 6.45) is 0. The lowest BCUT2D eigenvalue weighted by Gasteiger charge is -2.11. The van der Waals surface area contributed by atoms with E-state index in [1.807, 2.05) is 41.0 Å². The van der Waals surface area contributed by atoms with Gasteiger partial charge in [-0.05, 0) is 35.9 Å². The lowest BCUT2D eigenvalue weighted by molar-refractivity contribution is -0.113. The van der Waals surface area contributed by atoms with Gasteiger partial charge >= 0.3 is 0 Å². The third kappa shape index (κ3) is 5.02. The van der Waals surface area contributed by atoms with Crippen LogP contribution in [0.2, 0.25) is 0 Å². The van der Waals surface area contributed by atoms with Crippen LogP contribution in [0.3, 0.4) is 0 Å². The van der Waals surface area contributed by atoms with Gasteiger partial charge in [0.2, 0.25) is 5.91 Å². The Bertz CT molecular complexity index is 1280. The average Bonchev–Trinajstić information content (AvgIpc) is 3.21. The maximum Gasteiger partial charge on any atom is 0.234 e. The Morgan fingerprint density at radius 1 is 1.03 bits per heavy atom. The number of benzene rings is 3. The van der Waals surface area contributed by atoms with Gasteiger partial charge in [0.1, 0.15) is 5.82 Å². The minimum Gasteiger partial charge on any atom is -0.325 e. The fourth-order valence-corrected chi connectivity index (χ4v) is 3.88. The molecule has 0 saturated carbocycles. The van der Waals surface area contributed by atoms with Crippen molar-refractivity contribution in [1.29, 1.82) is 5.26 Å². The van der Waals surface area contributed by atoms with Crippen molar-refractivity contribution in [3.63, 3.8) is 0 Å². The summed E-state index contributed by atoms with van der Waals surface area (Å²) < 4.78 is 16.3.